The van der Waals surface area contributed by atoms with Gasteiger partial charge in [0.1, 0.15) is 0 Å². The van der Waals surface area contributed by atoms with Gasteiger partial charge < -0.3 is 9.64 Å². The molecular formula is C11H20ClNO3. The molecule has 4 nitrogen and oxygen atoms in total. The Morgan fingerprint density at radius 3 is 2.19 bits per heavy atom. The van der Waals surface area contributed by atoms with E-state index in [1.54, 1.807) is 6.92 Å². The predicted octanol–water partition coefficient (Wildman–Crippen LogP) is 1.41. The summed E-state index contributed by atoms with van der Waals surface area (Å²) in [4.78, 5) is 25.0. The molecule has 0 spiro atoms. The van der Waals surface area contributed by atoms with E-state index < -0.39 is 5.60 Å². The highest BCUT2D eigenvalue weighted by Crippen LogP contribution is 2.27. The molecule has 1 aliphatic heterocycles. The maximum atomic E-state index is 11.6. The molecule has 0 N–H and O–H groups in total. The zero-order valence-corrected chi connectivity index (χ0v) is 10.9. The molecule has 0 atom stereocenters. The third-order valence-electron chi connectivity index (χ3n) is 3.03. The number of ketones is 1. The summed E-state index contributed by atoms with van der Waals surface area (Å²) in [7, 11) is 2.01. The van der Waals surface area contributed by atoms with Crippen LogP contribution >= 0.6 is 12.4 Å². The highest BCUT2D eigenvalue weighted by atomic mass is 35.5. The molecule has 0 aromatic rings. The first-order valence-electron chi connectivity index (χ1n) is 5.41. The Bertz CT molecular complexity index is 260. The Morgan fingerprint density at radius 1 is 1.31 bits per heavy atom. The molecule has 1 saturated heterocycles. The van der Waals surface area contributed by atoms with Gasteiger partial charge >= 0.3 is 5.97 Å². The molecule has 0 aromatic heterocycles. The first-order valence-corrected chi connectivity index (χ1v) is 5.41. The molecule has 0 radical (unpaired) electrons. The van der Waals surface area contributed by atoms with Gasteiger partial charge in [-0.05, 0) is 14.0 Å². The van der Waals surface area contributed by atoms with Gasteiger partial charge in [-0.2, -0.15) is 0 Å². The predicted molar refractivity (Wildman–Crippen MR) is 63.8 cm³/mol. The van der Waals surface area contributed by atoms with Crippen LogP contribution in [0.4, 0.5) is 0 Å². The van der Waals surface area contributed by atoms with E-state index in [2.05, 4.69) is 4.90 Å². The first-order chi connectivity index (χ1) is 7.00. The molecule has 0 aromatic carbocycles. The molecule has 1 fully saturated rings. The topological polar surface area (TPSA) is 46.6 Å². The highest BCUT2D eigenvalue weighted by molar-refractivity contribution is 5.87. The maximum Gasteiger partial charge on any atom is 0.306 e. The van der Waals surface area contributed by atoms with Crippen molar-refractivity contribution >= 4 is 24.2 Å². The standard InChI is InChI=1S/C11H19NO3.ClH/c1-4-10(14)15-11(9(2)13)5-7-12(3)8-6-11;/h4-8H2,1-3H3;1H. The van der Waals surface area contributed by atoms with E-state index in [-0.39, 0.29) is 24.2 Å². The summed E-state index contributed by atoms with van der Waals surface area (Å²) in [5, 5.41) is 0. The highest BCUT2D eigenvalue weighted by Gasteiger charge is 2.41. The largest absolute Gasteiger partial charge is 0.451 e. The summed E-state index contributed by atoms with van der Waals surface area (Å²) in [5.74, 6) is -0.313. The summed E-state index contributed by atoms with van der Waals surface area (Å²) in [5.41, 5.74) is -0.848. The van der Waals surface area contributed by atoms with Crippen LogP contribution in [0.3, 0.4) is 0 Å². The monoisotopic (exact) mass is 249 g/mol. The Kier molecular flexibility index (Phi) is 5.97. The number of carbonyl (C=O) groups is 2. The summed E-state index contributed by atoms with van der Waals surface area (Å²) >= 11 is 0. The van der Waals surface area contributed by atoms with E-state index in [0.29, 0.717) is 19.3 Å². The lowest BCUT2D eigenvalue weighted by atomic mass is 9.87. The minimum absolute atomic E-state index is 0. The number of carbonyl (C=O) groups excluding carboxylic acids is 2. The second-order valence-electron chi connectivity index (χ2n) is 4.18. The van der Waals surface area contributed by atoms with Crippen molar-refractivity contribution < 1.29 is 14.3 Å². The molecule has 94 valence electrons. The van der Waals surface area contributed by atoms with Crippen molar-refractivity contribution in [3.8, 4) is 0 Å². The van der Waals surface area contributed by atoms with Crippen LogP contribution in [0.25, 0.3) is 0 Å². The van der Waals surface area contributed by atoms with Crippen LogP contribution in [0.5, 0.6) is 0 Å². The lowest BCUT2D eigenvalue weighted by Crippen LogP contribution is -2.50. The number of Topliss-reactive ketones (excluding diaryl/α,β-unsaturated/α-hetero) is 1. The van der Waals surface area contributed by atoms with Gasteiger partial charge in [-0.1, -0.05) is 6.92 Å². The van der Waals surface area contributed by atoms with Crippen LogP contribution in [0.15, 0.2) is 0 Å². The number of rotatable bonds is 3. The minimum Gasteiger partial charge on any atom is -0.451 e. The normalized spacial score (nSPS) is 19.7. The number of esters is 1. The van der Waals surface area contributed by atoms with E-state index in [0.717, 1.165) is 13.1 Å². The van der Waals surface area contributed by atoms with E-state index >= 15 is 0 Å². The first kappa shape index (κ1) is 15.4. The zero-order chi connectivity index (χ0) is 11.5. The maximum absolute atomic E-state index is 11.6. The van der Waals surface area contributed by atoms with Gasteiger partial charge in [-0.15, -0.1) is 12.4 Å². The van der Waals surface area contributed by atoms with Gasteiger partial charge in [0.2, 0.25) is 0 Å². The van der Waals surface area contributed by atoms with Crippen LogP contribution in [0.1, 0.15) is 33.1 Å². The van der Waals surface area contributed by atoms with Gasteiger partial charge in [-0.3, -0.25) is 9.59 Å². The van der Waals surface area contributed by atoms with Crippen LogP contribution in [0, 0.1) is 0 Å². The third kappa shape index (κ3) is 3.46. The number of likely N-dealkylation sites (tertiary alicyclic amines) is 1. The molecule has 0 aliphatic carbocycles. The molecule has 1 aliphatic rings. The van der Waals surface area contributed by atoms with Crippen molar-refractivity contribution in [2.24, 2.45) is 0 Å². The van der Waals surface area contributed by atoms with Crippen LogP contribution in [-0.4, -0.2) is 42.4 Å². The Morgan fingerprint density at radius 2 is 1.81 bits per heavy atom. The van der Waals surface area contributed by atoms with Gasteiger partial charge in [0.15, 0.2) is 11.4 Å². The van der Waals surface area contributed by atoms with E-state index in [1.807, 2.05) is 7.05 Å². The Labute approximate surface area is 103 Å². The second kappa shape index (κ2) is 6.21. The number of hydrogen-bond donors (Lipinski definition) is 0. The molecule has 0 bridgehead atoms. The molecule has 0 amide bonds. The van der Waals surface area contributed by atoms with Crippen LogP contribution < -0.4 is 0 Å². The Balaban J connectivity index is 0.00000225. The van der Waals surface area contributed by atoms with Crippen LogP contribution in [0.2, 0.25) is 0 Å². The van der Waals surface area contributed by atoms with Crippen molar-refractivity contribution in [2.45, 2.75) is 38.7 Å². The van der Waals surface area contributed by atoms with Crippen molar-refractivity contribution in [3.63, 3.8) is 0 Å². The lowest BCUT2D eigenvalue weighted by molar-refractivity contribution is -0.171. The fourth-order valence-electron chi connectivity index (χ4n) is 1.80. The van der Waals surface area contributed by atoms with Crippen molar-refractivity contribution in [1.82, 2.24) is 4.90 Å². The molecule has 0 unspecified atom stereocenters. The fraction of sp³-hybridized carbons (Fsp3) is 0.818. The molecule has 5 heteroatoms. The summed E-state index contributed by atoms with van der Waals surface area (Å²) < 4.78 is 5.32. The molecule has 1 heterocycles. The van der Waals surface area contributed by atoms with Gasteiger partial charge in [0.05, 0.1) is 0 Å². The third-order valence-corrected chi connectivity index (χ3v) is 3.03. The zero-order valence-electron chi connectivity index (χ0n) is 10.1. The van der Waals surface area contributed by atoms with Gasteiger partial charge in [0, 0.05) is 32.4 Å². The number of nitrogens with zero attached hydrogens (tertiary/aromatic N) is 1. The van der Waals surface area contributed by atoms with Gasteiger partial charge in [-0.25, -0.2) is 0 Å². The van der Waals surface area contributed by atoms with E-state index in [9.17, 15) is 9.59 Å². The summed E-state index contributed by atoms with van der Waals surface area (Å²) in [6, 6.07) is 0. The van der Waals surface area contributed by atoms with E-state index in [1.165, 1.54) is 6.92 Å². The number of halogens is 1. The lowest BCUT2D eigenvalue weighted by Gasteiger charge is -2.38. The van der Waals surface area contributed by atoms with Crippen molar-refractivity contribution in [3.05, 3.63) is 0 Å². The summed E-state index contributed by atoms with van der Waals surface area (Å²) in [6.45, 7) is 4.85. The average Bonchev–Trinajstić information content (AvgIpc) is 2.21. The fourth-order valence-corrected chi connectivity index (χ4v) is 1.80. The smallest absolute Gasteiger partial charge is 0.306 e. The Hall–Kier alpha value is -0.610. The molecule has 16 heavy (non-hydrogen) atoms. The van der Waals surface area contributed by atoms with E-state index in [4.69, 9.17) is 4.74 Å². The second-order valence-corrected chi connectivity index (χ2v) is 4.18. The van der Waals surface area contributed by atoms with Crippen LogP contribution in [-0.2, 0) is 14.3 Å². The number of piperidine rings is 1. The quantitative estimate of drug-likeness (QED) is 0.710. The van der Waals surface area contributed by atoms with Crippen molar-refractivity contribution in [1.29, 1.82) is 0 Å². The average molecular weight is 250 g/mol. The number of hydrogen-bond acceptors (Lipinski definition) is 4. The minimum atomic E-state index is -0.848. The van der Waals surface area contributed by atoms with Crippen molar-refractivity contribution in [2.75, 3.05) is 20.1 Å². The molecular weight excluding hydrogens is 230 g/mol. The number of ether oxygens (including phenoxy) is 1. The molecule has 1 rings (SSSR count). The molecule has 0 saturated carbocycles. The van der Waals surface area contributed by atoms with Gasteiger partial charge in [0.25, 0.3) is 0 Å². The summed E-state index contributed by atoms with van der Waals surface area (Å²) in [6.07, 6.45) is 1.56. The SMILES string of the molecule is CCC(=O)OC1(C(C)=O)CCN(C)CC1.Cl.